The minimum atomic E-state index is -1.25. The van der Waals surface area contributed by atoms with Gasteiger partial charge in [0.15, 0.2) is 0 Å². The minimum absolute atomic E-state index is 0.0677. The zero-order chi connectivity index (χ0) is 24.8. The van der Waals surface area contributed by atoms with E-state index in [2.05, 4.69) is 29.6 Å². The van der Waals surface area contributed by atoms with Crippen molar-refractivity contribution in [1.82, 2.24) is 10.2 Å². The highest BCUT2D eigenvalue weighted by Crippen LogP contribution is 2.44. The lowest BCUT2D eigenvalue weighted by Crippen LogP contribution is -2.60. The molecule has 0 bridgehead atoms. The number of nitrogens with one attached hydrogen (secondary N) is 1. The summed E-state index contributed by atoms with van der Waals surface area (Å²) in [5.74, 6) is -1.41. The number of carbonyl (C=O) groups excluding carboxylic acids is 2. The third kappa shape index (κ3) is 3.76. The van der Waals surface area contributed by atoms with E-state index in [1.807, 2.05) is 24.3 Å². The first-order valence-electron chi connectivity index (χ1n) is 12.0. The molecule has 2 aromatic carbocycles. The van der Waals surface area contributed by atoms with Crippen molar-refractivity contribution < 1.29 is 29.0 Å². The predicted octanol–water partition coefficient (Wildman–Crippen LogP) is 3.40. The van der Waals surface area contributed by atoms with Gasteiger partial charge in [-0.1, -0.05) is 48.5 Å². The summed E-state index contributed by atoms with van der Waals surface area (Å²) < 4.78 is 11.2. The Morgan fingerprint density at radius 1 is 1.09 bits per heavy atom. The van der Waals surface area contributed by atoms with Crippen molar-refractivity contribution in [3.63, 3.8) is 0 Å². The monoisotopic (exact) mass is 478 g/mol. The number of amides is 2. The average molecular weight is 479 g/mol. The zero-order valence-corrected chi connectivity index (χ0v) is 20.0. The van der Waals surface area contributed by atoms with Crippen molar-refractivity contribution in [1.29, 1.82) is 0 Å². The van der Waals surface area contributed by atoms with Crippen LogP contribution in [0.15, 0.2) is 48.5 Å². The number of hydrogen-bond donors (Lipinski definition) is 2. The van der Waals surface area contributed by atoms with Crippen LogP contribution in [0.3, 0.4) is 0 Å². The Labute approximate surface area is 204 Å². The second-order valence-corrected chi connectivity index (χ2v) is 10.1. The van der Waals surface area contributed by atoms with Gasteiger partial charge in [0.2, 0.25) is 5.91 Å². The number of likely N-dealkylation sites (tertiary alicyclic amines) is 1. The molecular weight excluding hydrogens is 448 g/mol. The van der Waals surface area contributed by atoms with Crippen LogP contribution in [0.2, 0.25) is 0 Å². The summed E-state index contributed by atoms with van der Waals surface area (Å²) in [4.78, 5) is 39.7. The van der Waals surface area contributed by atoms with Crippen molar-refractivity contribution in [3.05, 3.63) is 59.7 Å². The van der Waals surface area contributed by atoms with Crippen molar-refractivity contribution in [2.75, 3.05) is 26.4 Å². The Bertz CT molecular complexity index is 1140. The van der Waals surface area contributed by atoms with E-state index < -0.39 is 29.1 Å². The molecule has 1 aliphatic carbocycles. The molecule has 0 saturated carbocycles. The molecule has 2 amide bonds. The summed E-state index contributed by atoms with van der Waals surface area (Å²) in [5, 5.41) is 12.5. The number of benzene rings is 2. The average Bonchev–Trinajstić information content (AvgIpc) is 3.52. The third-order valence-electron chi connectivity index (χ3n) is 7.93. The lowest BCUT2D eigenvalue weighted by Gasteiger charge is -2.38. The van der Waals surface area contributed by atoms with E-state index in [1.54, 1.807) is 13.8 Å². The summed E-state index contributed by atoms with van der Waals surface area (Å²) in [6.07, 6.45) is 0.398. The molecule has 0 aromatic heterocycles. The second-order valence-electron chi connectivity index (χ2n) is 10.1. The maximum atomic E-state index is 13.5. The van der Waals surface area contributed by atoms with Gasteiger partial charge in [0.1, 0.15) is 12.1 Å². The highest BCUT2D eigenvalue weighted by atomic mass is 16.5. The first-order valence-corrected chi connectivity index (χ1v) is 12.0. The number of fused-ring (bicyclic) bond motifs is 3. The molecule has 0 radical (unpaired) electrons. The van der Waals surface area contributed by atoms with Crippen LogP contribution in [0.25, 0.3) is 11.1 Å². The maximum absolute atomic E-state index is 13.5. The Hall–Kier alpha value is -3.39. The van der Waals surface area contributed by atoms with Gasteiger partial charge in [-0.25, -0.2) is 9.59 Å². The van der Waals surface area contributed by atoms with Crippen LogP contribution >= 0.6 is 0 Å². The van der Waals surface area contributed by atoms with E-state index in [4.69, 9.17) is 9.47 Å². The van der Waals surface area contributed by atoms with Crippen molar-refractivity contribution >= 4 is 18.0 Å². The number of nitrogens with zero attached hydrogens (tertiary/aromatic N) is 1. The molecule has 2 N–H and O–H groups in total. The summed E-state index contributed by atoms with van der Waals surface area (Å²) in [5.41, 5.74) is 2.20. The normalized spacial score (nSPS) is 27.4. The summed E-state index contributed by atoms with van der Waals surface area (Å²) in [6.45, 7) is 4.09. The molecule has 0 spiro atoms. The molecule has 8 nitrogen and oxygen atoms in total. The van der Waals surface area contributed by atoms with Crippen LogP contribution in [-0.4, -0.2) is 65.9 Å². The quantitative estimate of drug-likeness (QED) is 0.683. The highest BCUT2D eigenvalue weighted by Gasteiger charge is 2.55. The summed E-state index contributed by atoms with van der Waals surface area (Å²) in [6, 6.07) is 15.6. The Morgan fingerprint density at radius 2 is 1.71 bits per heavy atom. The lowest BCUT2D eigenvalue weighted by molar-refractivity contribution is -0.160. The fourth-order valence-corrected chi connectivity index (χ4v) is 5.69. The molecule has 2 saturated heterocycles. The van der Waals surface area contributed by atoms with Crippen LogP contribution in [-0.2, 0) is 19.1 Å². The van der Waals surface area contributed by atoms with E-state index >= 15 is 0 Å². The molecule has 2 fully saturated rings. The number of rotatable bonds is 5. The van der Waals surface area contributed by atoms with Gasteiger partial charge in [-0.2, -0.15) is 0 Å². The summed E-state index contributed by atoms with van der Waals surface area (Å²) >= 11 is 0. The molecule has 2 unspecified atom stereocenters. The molecule has 2 aliphatic heterocycles. The zero-order valence-electron chi connectivity index (χ0n) is 20.0. The summed E-state index contributed by atoms with van der Waals surface area (Å²) in [7, 11) is 0. The molecule has 3 atom stereocenters. The van der Waals surface area contributed by atoms with Crippen LogP contribution < -0.4 is 5.32 Å². The lowest BCUT2D eigenvalue weighted by atomic mass is 9.82. The molecular formula is C27H30N2O6. The minimum Gasteiger partial charge on any atom is -0.480 e. The van der Waals surface area contributed by atoms with Crippen LogP contribution in [0.1, 0.15) is 43.7 Å². The molecule has 35 heavy (non-hydrogen) atoms. The van der Waals surface area contributed by atoms with Gasteiger partial charge in [0, 0.05) is 12.5 Å². The van der Waals surface area contributed by atoms with Gasteiger partial charge in [-0.05, 0) is 48.9 Å². The number of carbonyl (C=O) groups is 3. The van der Waals surface area contributed by atoms with E-state index in [1.165, 1.54) is 4.90 Å². The molecule has 5 rings (SSSR count). The number of hydrogen-bond acceptors (Lipinski definition) is 5. The Kier molecular flexibility index (Phi) is 5.79. The molecule has 2 heterocycles. The third-order valence-corrected chi connectivity index (χ3v) is 7.93. The van der Waals surface area contributed by atoms with E-state index in [-0.39, 0.29) is 31.6 Å². The fraction of sp³-hybridized carbons (Fsp3) is 0.444. The van der Waals surface area contributed by atoms with Gasteiger partial charge >= 0.3 is 12.1 Å². The van der Waals surface area contributed by atoms with E-state index in [0.717, 1.165) is 22.3 Å². The second kappa shape index (κ2) is 8.68. The smallest absolute Gasteiger partial charge is 0.407 e. The topological polar surface area (TPSA) is 105 Å². The molecule has 184 valence electrons. The first kappa shape index (κ1) is 23.4. The van der Waals surface area contributed by atoms with Crippen molar-refractivity contribution in [3.8, 4) is 11.1 Å². The van der Waals surface area contributed by atoms with E-state index in [9.17, 15) is 19.5 Å². The van der Waals surface area contributed by atoms with Crippen molar-refractivity contribution in [2.45, 2.75) is 44.2 Å². The number of ether oxygens (including phenoxy) is 2. The Morgan fingerprint density at radius 3 is 2.34 bits per heavy atom. The standard InChI is InChI=1S/C27H30N2O6/c1-26(23(30)29-13-7-12-27(29,2)24(31)32)16-34-15-22(26)28-25(33)35-14-21-19-10-5-3-8-17(19)18-9-4-6-11-20(18)21/h3-6,8-11,21-22H,7,12-16H2,1-2H3,(H,28,33)(H,31,32)/t22?,26?,27-/m1/s1. The van der Waals surface area contributed by atoms with Crippen LogP contribution in [0, 0.1) is 5.41 Å². The fourth-order valence-electron chi connectivity index (χ4n) is 5.69. The number of alkyl carbamates (subject to hydrolysis) is 1. The van der Waals surface area contributed by atoms with Crippen molar-refractivity contribution in [2.24, 2.45) is 5.41 Å². The van der Waals surface area contributed by atoms with Gasteiger partial charge in [-0.15, -0.1) is 0 Å². The highest BCUT2D eigenvalue weighted by molar-refractivity contribution is 5.91. The molecule has 2 aromatic rings. The van der Waals surface area contributed by atoms with Gasteiger partial charge in [0.05, 0.1) is 24.7 Å². The molecule has 8 heteroatoms. The molecule has 3 aliphatic rings. The van der Waals surface area contributed by atoms with Gasteiger partial charge < -0.3 is 24.8 Å². The van der Waals surface area contributed by atoms with Crippen LogP contribution in [0.4, 0.5) is 4.79 Å². The van der Waals surface area contributed by atoms with Crippen LogP contribution in [0.5, 0.6) is 0 Å². The van der Waals surface area contributed by atoms with E-state index in [0.29, 0.717) is 19.4 Å². The van der Waals surface area contributed by atoms with Gasteiger partial charge in [-0.3, -0.25) is 4.79 Å². The SMILES string of the molecule is CC1(C(=O)N2CCC[C@]2(C)C(=O)O)COCC1NC(=O)OCC1c2ccccc2-c2ccccc21. The largest absolute Gasteiger partial charge is 0.480 e. The predicted molar refractivity (Wildman–Crippen MR) is 128 cm³/mol. The van der Waals surface area contributed by atoms with Gasteiger partial charge in [0.25, 0.3) is 0 Å². The number of aliphatic carboxylic acids is 1. The Balaban J connectivity index is 1.27. The maximum Gasteiger partial charge on any atom is 0.407 e. The number of carboxylic acid groups (broad SMARTS) is 1. The first-order chi connectivity index (χ1) is 16.8. The number of carboxylic acids is 1.